The quantitative estimate of drug-likeness (QED) is 0.693. The van der Waals surface area contributed by atoms with E-state index in [1.54, 1.807) is 12.5 Å². The number of carbonyl (C=O) groups excluding carboxylic acids is 1. The molecule has 0 saturated carbocycles. The third-order valence-electron chi connectivity index (χ3n) is 2.60. The highest BCUT2D eigenvalue weighted by molar-refractivity contribution is 5.82. The monoisotopic (exact) mass is 194 g/mol. The lowest BCUT2D eigenvalue weighted by Crippen LogP contribution is -2.52. The highest BCUT2D eigenvalue weighted by Crippen LogP contribution is 2.20. The maximum absolute atomic E-state index is 11.2. The summed E-state index contributed by atoms with van der Waals surface area (Å²) < 4.78 is 5.11. The molecule has 0 bridgehead atoms. The molecule has 4 nitrogen and oxygen atoms in total. The summed E-state index contributed by atoms with van der Waals surface area (Å²) in [6.07, 6.45) is 3.45. The summed E-state index contributed by atoms with van der Waals surface area (Å²) in [5.74, 6) is 0.0578. The second-order valence-electron chi connectivity index (χ2n) is 3.70. The number of aryl methyl sites for hydroxylation is 1. The number of piperazine rings is 1. The minimum Gasteiger partial charge on any atom is -0.472 e. The summed E-state index contributed by atoms with van der Waals surface area (Å²) in [5, 5.41) is 6.09. The molecule has 2 atom stereocenters. The Labute approximate surface area is 82.7 Å². The Bertz CT molecular complexity index is 346. The molecule has 1 unspecified atom stereocenters. The lowest BCUT2D eigenvalue weighted by molar-refractivity contribution is -0.124. The standard InChI is InChI=1S/C10H14N2O2/c1-6-4-14-5-8(6)9-3-11-10(13)7(2)12-9/h4-5,7,9,12H,3H2,1-2H3,(H,11,13)/t7-,9?/m0/s1. The van der Waals surface area contributed by atoms with E-state index < -0.39 is 0 Å². The summed E-state index contributed by atoms with van der Waals surface area (Å²) >= 11 is 0. The van der Waals surface area contributed by atoms with Crippen molar-refractivity contribution < 1.29 is 9.21 Å². The largest absolute Gasteiger partial charge is 0.472 e. The van der Waals surface area contributed by atoms with Crippen LogP contribution in [0.2, 0.25) is 0 Å². The van der Waals surface area contributed by atoms with Crippen molar-refractivity contribution in [1.29, 1.82) is 0 Å². The number of carbonyl (C=O) groups is 1. The molecule has 2 N–H and O–H groups in total. The molecule has 2 rings (SSSR count). The molecule has 0 radical (unpaired) electrons. The first-order valence-corrected chi connectivity index (χ1v) is 4.75. The molecule has 1 aliphatic heterocycles. The van der Waals surface area contributed by atoms with Gasteiger partial charge in [-0.1, -0.05) is 0 Å². The average Bonchev–Trinajstić information content (AvgIpc) is 2.57. The molecule has 0 aromatic carbocycles. The third kappa shape index (κ3) is 1.53. The van der Waals surface area contributed by atoms with E-state index >= 15 is 0 Å². The Morgan fingerprint density at radius 2 is 2.29 bits per heavy atom. The van der Waals surface area contributed by atoms with Gasteiger partial charge in [-0.05, 0) is 19.4 Å². The molecule has 2 heterocycles. The van der Waals surface area contributed by atoms with Crippen molar-refractivity contribution in [3.63, 3.8) is 0 Å². The van der Waals surface area contributed by atoms with Crippen LogP contribution in [0.15, 0.2) is 16.9 Å². The molecule has 1 aromatic rings. The molecular weight excluding hydrogens is 180 g/mol. The lowest BCUT2D eigenvalue weighted by atomic mass is 10.0. The number of hydrogen-bond donors (Lipinski definition) is 2. The SMILES string of the molecule is Cc1cocc1C1CNC(=O)[C@H](C)N1. The van der Waals surface area contributed by atoms with Gasteiger partial charge in [0.15, 0.2) is 0 Å². The van der Waals surface area contributed by atoms with Crippen LogP contribution in [0, 0.1) is 6.92 Å². The van der Waals surface area contributed by atoms with Crippen LogP contribution in [-0.4, -0.2) is 18.5 Å². The van der Waals surface area contributed by atoms with E-state index in [4.69, 9.17) is 4.42 Å². The molecule has 1 aromatic heterocycles. The summed E-state index contributed by atoms with van der Waals surface area (Å²) in [5.41, 5.74) is 2.24. The Morgan fingerprint density at radius 1 is 1.50 bits per heavy atom. The van der Waals surface area contributed by atoms with Crippen LogP contribution in [0.4, 0.5) is 0 Å². The maximum atomic E-state index is 11.2. The van der Waals surface area contributed by atoms with Crippen molar-refractivity contribution in [1.82, 2.24) is 10.6 Å². The molecule has 1 amide bonds. The third-order valence-corrected chi connectivity index (χ3v) is 2.60. The zero-order valence-corrected chi connectivity index (χ0v) is 8.33. The topological polar surface area (TPSA) is 54.3 Å². The average molecular weight is 194 g/mol. The van der Waals surface area contributed by atoms with Crippen molar-refractivity contribution in [2.45, 2.75) is 25.9 Å². The van der Waals surface area contributed by atoms with Gasteiger partial charge < -0.3 is 9.73 Å². The molecule has 14 heavy (non-hydrogen) atoms. The van der Waals surface area contributed by atoms with Gasteiger partial charge in [0.05, 0.1) is 24.6 Å². The summed E-state index contributed by atoms with van der Waals surface area (Å²) in [6, 6.07) is 0.0319. The predicted octanol–water partition coefficient (Wildman–Crippen LogP) is 0.737. The predicted molar refractivity (Wildman–Crippen MR) is 51.8 cm³/mol. The molecule has 0 spiro atoms. The van der Waals surface area contributed by atoms with E-state index in [1.807, 2.05) is 13.8 Å². The number of hydrogen-bond acceptors (Lipinski definition) is 3. The fraction of sp³-hybridized carbons (Fsp3) is 0.500. The van der Waals surface area contributed by atoms with E-state index in [0.717, 1.165) is 11.1 Å². The van der Waals surface area contributed by atoms with Gasteiger partial charge in [0.1, 0.15) is 0 Å². The Morgan fingerprint density at radius 3 is 2.86 bits per heavy atom. The minimum atomic E-state index is -0.136. The maximum Gasteiger partial charge on any atom is 0.236 e. The normalized spacial score (nSPS) is 27.4. The van der Waals surface area contributed by atoms with E-state index in [-0.39, 0.29) is 18.0 Å². The number of furan rings is 1. The van der Waals surface area contributed by atoms with E-state index in [2.05, 4.69) is 10.6 Å². The first kappa shape index (κ1) is 9.27. The van der Waals surface area contributed by atoms with E-state index in [1.165, 1.54) is 0 Å². The fourth-order valence-electron chi connectivity index (χ4n) is 1.72. The van der Waals surface area contributed by atoms with Crippen LogP contribution in [0.1, 0.15) is 24.1 Å². The summed E-state index contributed by atoms with van der Waals surface area (Å²) in [7, 11) is 0. The second-order valence-corrected chi connectivity index (χ2v) is 3.70. The molecule has 1 saturated heterocycles. The van der Waals surface area contributed by atoms with Crippen molar-refractivity contribution in [3.05, 3.63) is 23.7 Å². The molecule has 76 valence electrons. The number of nitrogens with one attached hydrogen (secondary N) is 2. The lowest BCUT2D eigenvalue weighted by Gasteiger charge is -2.28. The molecular formula is C10H14N2O2. The summed E-state index contributed by atoms with van der Waals surface area (Å²) in [4.78, 5) is 11.2. The Hall–Kier alpha value is -1.29. The highest BCUT2D eigenvalue weighted by atomic mass is 16.3. The minimum absolute atomic E-state index is 0.0578. The zero-order valence-electron chi connectivity index (χ0n) is 8.33. The van der Waals surface area contributed by atoms with Crippen molar-refractivity contribution >= 4 is 5.91 Å². The number of amides is 1. The van der Waals surface area contributed by atoms with E-state index in [9.17, 15) is 4.79 Å². The van der Waals surface area contributed by atoms with Crippen LogP contribution in [-0.2, 0) is 4.79 Å². The van der Waals surface area contributed by atoms with Gasteiger partial charge in [-0.2, -0.15) is 0 Å². The van der Waals surface area contributed by atoms with Crippen LogP contribution in [0.5, 0.6) is 0 Å². The van der Waals surface area contributed by atoms with Gasteiger partial charge in [0, 0.05) is 12.1 Å². The van der Waals surface area contributed by atoms with Gasteiger partial charge in [-0.3, -0.25) is 10.1 Å². The van der Waals surface area contributed by atoms with Crippen LogP contribution in [0.3, 0.4) is 0 Å². The van der Waals surface area contributed by atoms with Gasteiger partial charge >= 0.3 is 0 Å². The first-order valence-electron chi connectivity index (χ1n) is 4.75. The number of rotatable bonds is 1. The molecule has 1 aliphatic rings. The van der Waals surface area contributed by atoms with Gasteiger partial charge in [0.2, 0.25) is 5.91 Å². The van der Waals surface area contributed by atoms with Crippen molar-refractivity contribution in [2.24, 2.45) is 0 Å². The second kappa shape index (κ2) is 3.46. The Balaban J connectivity index is 2.14. The molecule has 1 fully saturated rings. The fourth-order valence-corrected chi connectivity index (χ4v) is 1.72. The molecule has 0 aliphatic carbocycles. The van der Waals surface area contributed by atoms with Crippen molar-refractivity contribution in [3.8, 4) is 0 Å². The summed E-state index contributed by atoms with van der Waals surface area (Å²) in [6.45, 7) is 4.49. The van der Waals surface area contributed by atoms with Crippen LogP contribution >= 0.6 is 0 Å². The smallest absolute Gasteiger partial charge is 0.236 e. The van der Waals surface area contributed by atoms with Gasteiger partial charge in [-0.25, -0.2) is 0 Å². The van der Waals surface area contributed by atoms with E-state index in [0.29, 0.717) is 6.54 Å². The van der Waals surface area contributed by atoms with Gasteiger partial charge in [0.25, 0.3) is 0 Å². The highest BCUT2D eigenvalue weighted by Gasteiger charge is 2.26. The van der Waals surface area contributed by atoms with Crippen LogP contribution in [0.25, 0.3) is 0 Å². The van der Waals surface area contributed by atoms with Crippen LogP contribution < -0.4 is 10.6 Å². The van der Waals surface area contributed by atoms with Crippen molar-refractivity contribution in [2.75, 3.05) is 6.54 Å². The zero-order chi connectivity index (χ0) is 10.1. The molecule has 4 heteroatoms. The Kier molecular flexibility index (Phi) is 2.29. The van der Waals surface area contributed by atoms with Gasteiger partial charge in [-0.15, -0.1) is 0 Å². The first-order chi connectivity index (χ1) is 6.68.